The molecule has 2 nitrogen and oxygen atoms in total. The molecule has 3 aromatic rings. The van der Waals surface area contributed by atoms with Gasteiger partial charge in [-0.2, -0.15) is 0 Å². The molecule has 2 unspecified atom stereocenters. The predicted octanol–water partition coefficient (Wildman–Crippen LogP) is 12.3. The average molecular weight is 647 g/mol. The molecule has 0 heterocycles. The summed E-state index contributed by atoms with van der Waals surface area (Å²) in [5.41, 5.74) is 6.47. The van der Waals surface area contributed by atoms with Crippen molar-refractivity contribution in [1.29, 1.82) is 0 Å². The van der Waals surface area contributed by atoms with Crippen LogP contribution < -0.4 is 9.47 Å². The molecule has 0 aliphatic carbocycles. The molecule has 0 amide bonds. The molecule has 0 spiro atoms. The van der Waals surface area contributed by atoms with E-state index < -0.39 is 0 Å². The highest BCUT2D eigenvalue weighted by molar-refractivity contribution is 5.60. The molecule has 3 aromatic carbocycles. The number of benzene rings is 3. The van der Waals surface area contributed by atoms with Gasteiger partial charge in [0.1, 0.15) is 11.5 Å². The van der Waals surface area contributed by atoms with Crippen molar-refractivity contribution in [2.75, 3.05) is 13.2 Å². The molecule has 0 radical (unpaired) electrons. The Kier molecular flexibility index (Phi) is 15.2. The Morgan fingerprint density at radius 2 is 0.875 bits per heavy atom. The van der Waals surface area contributed by atoms with E-state index in [1.165, 1.54) is 49.7 Å². The van der Waals surface area contributed by atoms with Crippen molar-refractivity contribution in [3.63, 3.8) is 0 Å². The Morgan fingerprint density at radius 3 is 1.17 bits per heavy atom. The zero-order chi connectivity index (χ0) is 35.2. The van der Waals surface area contributed by atoms with Crippen LogP contribution >= 0.6 is 0 Å². The van der Waals surface area contributed by atoms with E-state index in [4.69, 9.17) is 9.47 Å². The summed E-state index contributed by atoms with van der Waals surface area (Å²) in [5.74, 6) is 16.3. The van der Waals surface area contributed by atoms with Crippen LogP contribution in [0.15, 0.2) is 60.7 Å². The molecule has 48 heavy (non-hydrogen) atoms. The Morgan fingerprint density at radius 1 is 0.521 bits per heavy atom. The fraction of sp³-hybridized carbons (Fsp3) is 0.522. The van der Waals surface area contributed by atoms with Gasteiger partial charge >= 0.3 is 0 Å². The van der Waals surface area contributed by atoms with Crippen molar-refractivity contribution in [2.45, 2.75) is 131 Å². The zero-order valence-electron chi connectivity index (χ0n) is 31.8. The lowest BCUT2D eigenvalue weighted by Gasteiger charge is -2.19. The minimum atomic E-state index is 0.103. The Hall–Kier alpha value is -3.62. The number of hydrogen-bond acceptors (Lipinski definition) is 2. The van der Waals surface area contributed by atoms with E-state index in [-0.39, 0.29) is 10.8 Å². The summed E-state index contributed by atoms with van der Waals surface area (Å²) >= 11 is 0. The molecule has 0 aliphatic rings. The van der Waals surface area contributed by atoms with Gasteiger partial charge in [-0.25, -0.2) is 0 Å². The maximum Gasteiger partial charge on any atom is 0.136 e. The lowest BCUT2D eigenvalue weighted by atomic mass is 9.87. The number of rotatable bonds is 14. The second-order valence-corrected chi connectivity index (χ2v) is 15.5. The molecular weight excluding hydrogens is 585 g/mol. The van der Waals surface area contributed by atoms with Gasteiger partial charge in [0.05, 0.1) is 24.3 Å². The Bertz CT molecular complexity index is 1400. The summed E-state index contributed by atoms with van der Waals surface area (Å²) in [6, 6.07) is 21.3. The minimum absolute atomic E-state index is 0.103. The van der Waals surface area contributed by atoms with Gasteiger partial charge < -0.3 is 9.47 Å². The third-order valence-electron chi connectivity index (χ3n) is 9.30. The highest BCUT2D eigenvalue weighted by atomic mass is 16.5. The highest BCUT2D eigenvalue weighted by Crippen LogP contribution is 2.31. The van der Waals surface area contributed by atoms with Gasteiger partial charge in [0.25, 0.3) is 0 Å². The maximum atomic E-state index is 6.61. The molecule has 0 saturated carbocycles. The van der Waals surface area contributed by atoms with E-state index in [2.05, 4.69) is 154 Å². The van der Waals surface area contributed by atoms with Crippen LogP contribution in [0.2, 0.25) is 0 Å². The molecule has 0 aromatic heterocycles. The molecule has 0 saturated heterocycles. The second-order valence-electron chi connectivity index (χ2n) is 15.5. The van der Waals surface area contributed by atoms with E-state index in [1.807, 2.05) is 0 Å². The SMILES string of the molecule is CCCCC(CC)COc1cc(C#Cc2ccc(C(C)(C)C)cc2)c(OCC(CC)CCCC)cc1C#Cc1ccc(C(C)(C)C)cc1. The topological polar surface area (TPSA) is 18.5 Å². The van der Waals surface area contributed by atoms with Gasteiger partial charge in [0.2, 0.25) is 0 Å². The molecule has 2 heteroatoms. The van der Waals surface area contributed by atoms with Gasteiger partial charge in [-0.3, -0.25) is 0 Å². The Labute approximate surface area is 294 Å². The quantitative estimate of drug-likeness (QED) is 0.162. The van der Waals surface area contributed by atoms with E-state index >= 15 is 0 Å². The first-order chi connectivity index (χ1) is 22.9. The lowest BCUT2D eigenvalue weighted by molar-refractivity contribution is 0.227. The van der Waals surface area contributed by atoms with Crippen LogP contribution in [0.3, 0.4) is 0 Å². The van der Waals surface area contributed by atoms with Crippen LogP contribution in [0.25, 0.3) is 0 Å². The second kappa shape index (κ2) is 18.8. The number of ether oxygens (including phenoxy) is 2. The number of hydrogen-bond donors (Lipinski definition) is 0. The van der Waals surface area contributed by atoms with Crippen molar-refractivity contribution in [3.8, 4) is 35.2 Å². The zero-order valence-corrected chi connectivity index (χ0v) is 31.8. The number of unbranched alkanes of at least 4 members (excludes halogenated alkanes) is 2. The molecule has 2 atom stereocenters. The first-order valence-electron chi connectivity index (χ1n) is 18.6. The first kappa shape index (κ1) is 38.8. The summed E-state index contributed by atoms with van der Waals surface area (Å²) in [7, 11) is 0. The summed E-state index contributed by atoms with van der Waals surface area (Å²) in [6.07, 6.45) is 9.35. The van der Waals surface area contributed by atoms with Crippen molar-refractivity contribution in [3.05, 3.63) is 94.0 Å². The molecule has 258 valence electrons. The average Bonchev–Trinajstić information content (AvgIpc) is 3.06. The van der Waals surface area contributed by atoms with Crippen LogP contribution in [-0.4, -0.2) is 13.2 Å². The fourth-order valence-corrected chi connectivity index (χ4v) is 5.59. The van der Waals surface area contributed by atoms with E-state index in [0.717, 1.165) is 46.6 Å². The maximum absolute atomic E-state index is 6.61. The third kappa shape index (κ3) is 12.4. The lowest BCUT2D eigenvalue weighted by Crippen LogP contribution is -2.13. The normalized spacial score (nSPS) is 12.7. The highest BCUT2D eigenvalue weighted by Gasteiger charge is 2.16. The third-order valence-corrected chi connectivity index (χ3v) is 9.30. The van der Waals surface area contributed by atoms with Crippen LogP contribution in [-0.2, 0) is 10.8 Å². The van der Waals surface area contributed by atoms with Crippen molar-refractivity contribution < 1.29 is 9.47 Å². The van der Waals surface area contributed by atoms with Gasteiger partial charge in [-0.1, -0.05) is 156 Å². The molecule has 3 rings (SSSR count). The summed E-state index contributed by atoms with van der Waals surface area (Å²) in [6.45, 7) is 23.8. The molecule has 0 fully saturated rings. The first-order valence-corrected chi connectivity index (χ1v) is 18.6. The van der Waals surface area contributed by atoms with E-state index in [0.29, 0.717) is 25.0 Å². The smallest absolute Gasteiger partial charge is 0.136 e. The van der Waals surface area contributed by atoms with Gasteiger partial charge in [-0.05, 0) is 70.9 Å². The molecule has 0 bridgehead atoms. The van der Waals surface area contributed by atoms with Crippen LogP contribution in [0.4, 0.5) is 0 Å². The summed E-state index contributed by atoms with van der Waals surface area (Å²) in [5, 5.41) is 0. The summed E-state index contributed by atoms with van der Waals surface area (Å²) < 4.78 is 13.2. The molecular formula is C46H62O2. The van der Waals surface area contributed by atoms with Crippen molar-refractivity contribution >= 4 is 0 Å². The van der Waals surface area contributed by atoms with E-state index in [1.54, 1.807) is 0 Å². The minimum Gasteiger partial charge on any atom is -0.492 e. The van der Waals surface area contributed by atoms with Gasteiger partial charge in [0.15, 0.2) is 0 Å². The van der Waals surface area contributed by atoms with Gasteiger partial charge in [-0.15, -0.1) is 0 Å². The predicted molar refractivity (Wildman–Crippen MR) is 206 cm³/mol. The van der Waals surface area contributed by atoms with Gasteiger partial charge in [0, 0.05) is 23.3 Å². The van der Waals surface area contributed by atoms with Crippen molar-refractivity contribution in [1.82, 2.24) is 0 Å². The largest absolute Gasteiger partial charge is 0.492 e. The molecule has 0 aliphatic heterocycles. The van der Waals surface area contributed by atoms with Crippen molar-refractivity contribution in [2.24, 2.45) is 11.8 Å². The monoisotopic (exact) mass is 646 g/mol. The molecule has 0 N–H and O–H groups in total. The Balaban J connectivity index is 2.08. The van der Waals surface area contributed by atoms with Crippen LogP contribution in [0.5, 0.6) is 11.5 Å². The standard InChI is InChI=1S/C46H62O2/c1-11-15-17-35(13-3)33-47-43-31-40(26-20-38-23-29-42(30-24-38)46(8,9)10)44(48-34-36(14-4)18-16-12-2)32-39(43)25-19-37-21-27-41(28-22-37)45(5,6)7/h21-24,27-32,35-36H,11-18,33-34H2,1-10H3. The summed E-state index contributed by atoms with van der Waals surface area (Å²) in [4.78, 5) is 0. The van der Waals surface area contributed by atoms with Crippen LogP contribution in [0.1, 0.15) is 154 Å². The van der Waals surface area contributed by atoms with E-state index in [9.17, 15) is 0 Å². The van der Waals surface area contributed by atoms with Crippen LogP contribution in [0, 0.1) is 35.5 Å². The fourth-order valence-electron chi connectivity index (χ4n) is 5.59.